The Hall–Kier alpha value is -0.610. The minimum absolute atomic E-state index is 0.183. The highest BCUT2D eigenvalue weighted by molar-refractivity contribution is 9.10. The average Bonchev–Trinajstić information content (AvgIpc) is 2.86. The molecule has 1 N–H and O–H groups in total. The number of rotatable bonds is 2. The highest BCUT2D eigenvalue weighted by Crippen LogP contribution is 2.38. The zero-order chi connectivity index (χ0) is 15.0. The molecule has 2 aliphatic rings. The Labute approximate surface area is 135 Å². The second-order valence-corrected chi connectivity index (χ2v) is 7.76. The molecule has 2 fully saturated rings. The van der Waals surface area contributed by atoms with Crippen LogP contribution in [0.3, 0.4) is 0 Å². The molecule has 1 aromatic rings. The maximum atomic E-state index is 13.4. The fourth-order valence-corrected chi connectivity index (χ4v) is 4.47. The van der Waals surface area contributed by atoms with Crippen molar-refractivity contribution in [3.05, 3.63) is 28.5 Å². The van der Waals surface area contributed by atoms with Crippen LogP contribution in [0.1, 0.15) is 39.5 Å². The zero-order valence-corrected chi connectivity index (χ0v) is 14.4. The van der Waals surface area contributed by atoms with Crippen molar-refractivity contribution in [3.8, 4) is 0 Å². The van der Waals surface area contributed by atoms with Crippen LogP contribution >= 0.6 is 15.9 Å². The van der Waals surface area contributed by atoms with Crippen LogP contribution in [-0.4, -0.2) is 24.7 Å². The van der Waals surface area contributed by atoms with Crippen LogP contribution in [0.5, 0.6) is 0 Å². The van der Waals surface area contributed by atoms with Crippen molar-refractivity contribution in [2.75, 3.05) is 18.0 Å². The predicted molar refractivity (Wildman–Crippen MR) is 89.3 cm³/mol. The lowest BCUT2D eigenvalue weighted by molar-refractivity contribution is 0.245. The number of hydrogen-bond acceptors (Lipinski definition) is 2. The van der Waals surface area contributed by atoms with Crippen LogP contribution in [0.15, 0.2) is 22.7 Å². The summed E-state index contributed by atoms with van der Waals surface area (Å²) in [6.45, 7) is 6.58. The van der Waals surface area contributed by atoms with Crippen molar-refractivity contribution in [2.24, 2.45) is 5.92 Å². The summed E-state index contributed by atoms with van der Waals surface area (Å²) < 4.78 is 14.3. The SMILES string of the molecule is CC(C)C1CNC2(CCCC2)CN1c1ccc(F)cc1Br. The van der Waals surface area contributed by atoms with Gasteiger partial charge in [-0.2, -0.15) is 0 Å². The van der Waals surface area contributed by atoms with Gasteiger partial charge in [-0.05, 0) is 52.9 Å². The van der Waals surface area contributed by atoms with Crippen LogP contribution in [0.2, 0.25) is 0 Å². The first-order valence-electron chi connectivity index (χ1n) is 7.97. The van der Waals surface area contributed by atoms with Crippen LogP contribution in [-0.2, 0) is 0 Å². The van der Waals surface area contributed by atoms with Crippen LogP contribution in [0.25, 0.3) is 0 Å². The summed E-state index contributed by atoms with van der Waals surface area (Å²) in [4.78, 5) is 2.50. The van der Waals surface area contributed by atoms with Crippen molar-refractivity contribution < 1.29 is 4.39 Å². The first-order chi connectivity index (χ1) is 10.0. The van der Waals surface area contributed by atoms with Gasteiger partial charge in [-0.25, -0.2) is 4.39 Å². The van der Waals surface area contributed by atoms with Gasteiger partial charge in [0.05, 0.1) is 5.69 Å². The molecule has 2 nitrogen and oxygen atoms in total. The normalized spacial score (nSPS) is 25.0. The van der Waals surface area contributed by atoms with Gasteiger partial charge < -0.3 is 10.2 Å². The highest BCUT2D eigenvalue weighted by atomic mass is 79.9. The largest absolute Gasteiger partial charge is 0.364 e. The van der Waals surface area contributed by atoms with E-state index in [9.17, 15) is 4.39 Å². The number of nitrogens with one attached hydrogen (secondary N) is 1. The van der Waals surface area contributed by atoms with Gasteiger partial charge in [0.1, 0.15) is 5.82 Å². The van der Waals surface area contributed by atoms with Gasteiger partial charge >= 0.3 is 0 Å². The summed E-state index contributed by atoms with van der Waals surface area (Å²) >= 11 is 3.55. The molecule has 1 aromatic carbocycles. The van der Waals surface area contributed by atoms with Gasteiger partial charge in [-0.3, -0.25) is 0 Å². The lowest BCUT2D eigenvalue weighted by atomic mass is 9.88. The summed E-state index contributed by atoms with van der Waals surface area (Å²) in [6, 6.07) is 5.53. The van der Waals surface area contributed by atoms with E-state index in [0.29, 0.717) is 12.0 Å². The molecule has 1 atom stereocenters. The lowest BCUT2D eigenvalue weighted by Gasteiger charge is -2.49. The molecule has 0 bridgehead atoms. The third-order valence-electron chi connectivity index (χ3n) is 5.11. The topological polar surface area (TPSA) is 15.3 Å². The number of halogens is 2. The van der Waals surface area contributed by atoms with E-state index in [2.05, 4.69) is 40.0 Å². The van der Waals surface area contributed by atoms with E-state index >= 15 is 0 Å². The molecule has 0 amide bonds. The molecule has 0 radical (unpaired) electrons. The fourth-order valence-electron chi connectivity index (χ4n) is 3.89. The first kappa shape index (κ1) is 15.3. The maximum Gasteiger partial charge on any atom is 0.124 e. The first-order valence-corrected chi connectivity index (χ1v) is 8.77. The van der Waals surface area contributed by atoms with E-state index in [0.717, 1.165) is 23.2 Å². The van der Waals surface area contributed by atoms with Crippen LogP contribution < -0.4 is 10.2 Å². The smallest absolute Gasteiger partial charge is 0.124 e. The third-order valence-corrected chi connectivity index (χ3v) is 5.74. The minimum atomic E-state index is -0.183. The quantitative estimate of drug-likeness (QED) is 0.849. The Bertz CT molecular complexity index is 512. The molecule has 3 rings (SSSR count). The molecule has 21 heavy (non-hydrogen) atoms. The van der Waals surface area contributed by atoms with Crippen LogP contribution in [0, 0.1) is 11.7 Å². The van der Waals surface area contributed by atoms with E-state index in [1.807, 2.05) is 6.07 Å². The van der Waals surface area contributed by atoms with Crippen molar-refractivity contribution in [1.82, 2.24) is 5.32 Å². The third kappa shape index (κ3) is 2.98. The summed E-state index contributed by atoms with van der Waals surface area (Å²) in [6.07, 6.45) is 5.15. The molecule has 1 spiro atoms. The molecule has 4 heteroatoms. The monoisotopic (exact) mass is 354 g/mol. The molecule has 1 heterocycles. The highest BCUT2D eigenvalue weighted by Gasteiger charge is 2.42. The van der Waals surface area contributed by atoms with Crippen molar-refractivity contribution in [3.63, 3.8) is 0 Å². The number of nitrogens with zero attached hydrogens (tertiary/aromatic N) is 1. The van der Waals surface area contributed by atoms with Crippen molar-refractivity contribution in [1.29, 1.82) is 0 Å². The van der Waals surface area contributed by atoms with Gasteiger partial charge in [0, 0.05) is 29.1 Å². The van der Waals surface area contributed by atoms with Crippen molar-refractivity contribution in [2.45, 2.75) is 51.1 Å². The molecule has 1 aliphatic carbocycles. The van der Waals surface area contributed by atoms with E-state index in [1.54, 1.807) is 12.1 Å². The van der Waals surface area contributed by atoms with Crippen molar-refractivity contribution >= 4 is 21.6 Å². The lowest BCUT2D eigenvalue weighted by Crippen LogP contribution is -2.64. The number of benzene rings is 1. The standard InChI is InChI=1S/C17H24BrFN2/c1-12(2)16-10-20-17(7-3-4-8-17)11-21(16)15-6-5-13(19)9-14(15)18/h5-6,9,12,16,20H,3-4,7-8,10-11H2,1-2H3. The molecule has 0 aromatic heterocycles. The number of hydrogen-bond donors (Lipinski definition) is 1. The summed E-state index contributed by atoms with van der Waals surface area (Å²) in [5.74, 6) is 0.380. The Morgan fingerprint density at radius 1 is 1.33 bits per heavy atom. The zero-order valence-electron chi connectivity index (χ0n) is 12.8. The number of piperazine rings is 1. The Morgan fingerprint density at radius 3 is 2.67 bits per heavy atom. The predicted octanol–water partition coefficient (Wildman–Crippen LogP) is 4.34. The Kier molecular flexibility index (Phi) is 4.28. The van der Waals surface area contributed by atoms with Gasteiger partial charge in [-0.15, -0.1) is 0 Å². The summed E-state index contributed by atoms with van der Waals surface area (Å²) in [5.41, 5.74) is 1.39. The minimum Gasteiger partial charge on any atom is -0.364 e. The molecule has 1 unspecified atom stereocenters. The molecule has 1 aliphatic heterocycles. The van der Waals surface area contributed by atoms with E-state index in [1.165, 1.54) is 25.7 Å². The maximum absolute atomic E-state index is 13.4. The van der Waals surface area contributed by atoms with E-state index in [4.69, 9.17) is 0 Å². The molecule has 1 saturated carbocycles. The average molecular weight is 355 g/mol. The van der Waals surface area contributed by atoms with Gasteiger partial charge in [0.25, 0.3) is 0 Å². The number of anilines is 1. The van der Waals surface area contributed by atoms with Gasteiger partial charge in [-0.1, -0.05) is 26.7 Å². The molecular formula is C17H24BrFN2. The van der Waals surface area contributed by atoms with E-state index in [-0.39, 0.29) is 11.4 Å². The Balaban J connectivity index is 1.93. The van der Waals surface area contributed by atoms with Gasteiger partial charge in [0.15, 0.2) is 0 Å². The van der Waals surface area contributed by atoms with Gasteiger partial charge in [0.2, 0.25) is 0 Å². The molecular weight excluding hydrogens is 331 g/mol. The van der Waals surface area contributed by atoms with E-state index < -0.39 is 0 Å². The molecule has 1 saturated heterocycles. The molecule has 116 valence electrons. The Morgan fingerprint density at radius 2 is 2.05 bits per heavy atom. The second kappa shape index (κ2) is 5.88. The second-order valence-electron chi connectivity index (χ2n) is 6.90. The summed E-state index contributed by atoms with van der Waals surface area (Å²) in [5, 5.41) is 3.83. The van der Waals surface area contributed by atoms with Crippen LogP contribution in [0.4, 0.5) is 10.1 Å². The summed E-state index contributed by atoms with van der Waals surface area (Å²) in [7, 11) is 0. The fraction of sp³-hybridized carbons (Fsp3) is 0.647.